The van der Waals surface area contributed by atoms with E-state index < -0.39 is 41.7 Å². The first-order valence-corrected chi connectivity index (χ1v) is 8.66. The maximum atomic E-state index is 9.44. The van der Waals surface area contributed by atoms with E-state index in [-0.39, 0.29) is 40.2 Å². The Hall–Kier alpha value is -0.441. The van der Waals surface area contributed by atoms with Crippen molar-refractivity contribution in [3.8, 4) is 0 Å². The summed E-state index contributed by atoms with van der Waals surface area (Å²) in [4.78, 5) is 84.7. The second-order valence-electron chi connectivity index (χ2n) is 2.57. The third-order valence-electron chi connectivity index (χ3n) is 0.605. The van der Waals surface area contributed by atoms with E-state index in [4.69, 9.17) is 0 Å². The first-order chi connectivity index (χ1) is 10.2. The van der Waals surface area contributed by atoms with Crippen LogP contribution in [-0.2, 0) is 67.5 Å². The Bertz CT molecular complexity index is 497. The summed E-state index contributed by atoms with van der Waals surface area (Å²) < 4.78 is 37.2. The van der Waals surface area contributed by atoms with Gasteiger partial charge in [-0.15, -0.1) is 0 Å². The van der Waals surface area contributed by atoms with Crippen LogP contribution in [0.3, 0.4) is 0 Å². The van der Waals surface area contributed by atoms with E-state index in [9.17, 15) is 57.4 Å². The minimum Gasteiger partial charge on any atom is -0.780 e. The van der Waals surface area contributed by atoms with E-state index in [1.807, 2.05) is 0 Å². The molecule has 0 fully saturated rings. The zero-order valence-corrected chi connectivity index (χ0v) is 18.8. The van der Waals surface area contributed by atoms with E-state index in [0.717, 1.165) is 0 Å². The molecule has 0 aliphatic rings. The van der Waals surface area contributed by atoms with Crippen LogP contribution >= 0.6 is 23.5 Å². The van der Waals surface area contributed by atoms with Gasteiger partial charge in [0, 0.05) is 0 Å². The summed E-state index contributed by atoms with van der Waals surface area (Å²) in [6.07, 6.45) is -4.84. The fourth-order valence-electron chi connectivity index (χ4n) is 0.331. The van der Waals surface area contributed by atoms with Gasteiger partial charge in [-0.05, 0) is 0 Å². The third kappa shape index (κ3) is 56.6. The van der Waals surface area contributed by atoms with E-state index >= 15 is 0 Å². The van der Waals surface area contributed by atoms with Gasteiger partial charge in [-0.25, -0.2) is 14.4 Å². The molecule has 0 radical (unpaired) electrons. The van der Waals surface area contributed by atoms with Gasteiger partial charge in [0.25, 0.3) is 0 Å². The molecule has 0 aliphatic carbocycles. The molecule has 23 heteroatoms. The molecular formula is C3H6Ir2N3O15P3. The molecule has 26 heavy (non-hydrogen) atoms. The average Bonchev–Trinajstić information content (AvgIpc) is 2.04. The Morgan fingerprint density at radius 2 is 0.654 bits per heavy atom. The molecule has 0 saturated carbocycles. The zero-order valence-electron chi connectivity index (χ0n) is 11.4. The molecule has 0 bridgehead atoms. The summed E-state index contributed by atoms with van der Waals surface area (Å²) in [7, 11) is -15.6. The van der Waals surface area contributed by atoms with Crippen LogP contribution in [0.4, 0.5) is 14.4 Å². The van der Waals surface area contributed by atoms with Crippen molar-refractivity contribution < 1.29 is 111 Å². The van der Waals surface area contributed by atoms with E-state index in [1.165, 1.54) is 0 Å². The maximum absolute atomic E-state index is 9.44. The number of amides is 3. The first kappa shape index (κ1) is 36.5. The van der Waals surface area contributed by atoms with Gasteiger partial charge in [0.05, 0.1) is 0 Å². The van der Waals surface area contributed by atoms with Crippen molar-refractivity contribution in [2.24, 2.45) is 17.2 Å². The Balaban J connectivity index is -0.0000000817. The number of phosphoric ester groups is 3. The average molecular weight is 801 g/mol. The number of rotatable bonds is 3. The molecule has 0 aromatic rings. The largest absolute Gasteiger partial charge is 3.00 e. The molecule has 156 valence electrons. The summed E-state index contributed by atoms with van der Waals surface area (Å²) in [5.74, 6) is 0. The van der Waals surface area contributed by atoms with Crippen LogP contribution in [0.25, 0.3) is 0 Å². The second kappa shape index (κ2) is 15.6. The number of carbonyl (C=O) groups is 3. The molecule has 0 saturated heterocycles. The number of nitrogens with two attached hydrogens (primary N) is 3. The molecule has 18 nitrogen and oxygen atoms in total. The quantitative estimate of drug-likeness (QED) is 0.224. The van der Waals surface area contributed by atoms with Crippen LogP contribution < -0.4 is 46.6 Å². The molecule has 0 spiro atoms. The SMILES string of the molecule is NC(=O)OP(=O)([O-])[O-].NC(=O)OP(=O)([O-])[O-].NC(=O)OP(=O)([O-])[O-].[Ir+3].[Ir+3]. The van der Waals surface area contributed by atoms with Crippen LogP contribution in [0.15, 0.2) is 0 Å². The molecule has 3 amide bonds. The van der Waals surface area contributed by atoms with Crippen molar-refractivity contribution >= 4 is 41.7 Å². The Labute approximate surface area is 170 Å². The van der Waals surface area contributed by atoms with Gasteiger partial charge in [-0.3, -0.25) is 0 Å². The first-order valence-electron chi connectivity index (χ1n) is 4.28. The van der Waals surface area contributed by atoms with Crippen LogP contribution in [0.1, 0.15) is 0 Å². The summed E-state index contributed by atoms with van der Waals surface area (Å²) in [5, 5.41) is 0. The Kier molecular flexibility index (Phi) is 21.9. The monoisotopic (exact) mass is 803 g/mol. The minimum absolute atomic E-state index is 0. The van der Waals surface area contributed by atoms with Crippen LogP contribution in [0.5, 0.6) is 0 Å². The molecule has 0 aromatic heterocycles. The normalized spacial score (nSPS) is 9.92. The molecule has 0 aliphatic heterocycles. The molecule has 0 unspecified atom stereocenters. The standard InChI is InChI=1S/3CH4NO5P.2Ir/c3*2-1(3)7-8(4,5)6;;/h3*(H2,2,3)(H2,4,5,6);;/q;;;2*+3/p-6. The van der Waals surface area contributed by atoms with E-state index in [0.29, 0.717) is 0 Å². The van der Waals surface area contributed by atoms with Gasteiger partial charge in [0.1, 0.15) is 23.5 Å². The topological polar surface area (TPSA) is 347 Å². The number of primary amides is 3. The van der Waals surface area contributed by atoms with Gasteiger partial charge in [0.15, 0.2) is 0 Å². The van der Waals surface area contributed by atoms with Crippen LogP contribution in [-0.4, -0.2) is 18.3 Å². The summed E-state index contributed by atoms with van der Waals surface area (Å²) in [6, 6.07) is 0. The fraction of sp³-hybridized carbons (Fsp3) is 0. The molecule has 6 N–H and O–H groups in total. The van der Waals surface area contributed by atoms with Crippen molar-refractivity contribution in [1.29, 1.82) is 0 Å². The Morgan fingerprint density at radius 1 is 0.538 bits per heavy atom. The maximum Gasteiger partial charge on any atom is 3.00 e. The predicted molar refractivity (Wildman–Crippen MR) is 54.8 cm³/mol. The number of hydrogen-bond donors (Lipinski definition) is 3. The fourth-order valence-corrected chi connectivity index (χ4v) is 0.992. The van der Waals surface area contributed by atoms with Gasteiger partial charge in [0.2, 0.25) is 0 Å². The molecule has 0 heterocycles. The summed E-state index contributed by atoms with van der Waals surface area (Å²) >= 11 is 0. The summed E-state index contributed by atoms with van der Waals surface area (Å²) in [6.45, 7) is 0. The molecule has 0 aromatic carbocycles. The van der Waals surface area contributed by atoms with Crippen molar-refractivity contribution in [1.82, 2.24) is 0 Å². The predicted octanol–water partition coefficient (Wildman–Crippen LogP) is -6.27. The van der Waals surface area contributed by atoms with Crippen molar-refractivity contribution in [2.45, 2.75) is 0 Å². The Morgan fingerprint density at radius 3 is 0.654 bits per heavy atom. The van der Waals surface area contributed by atoms with Gasteiger partial charge >= 0.3 is 58.5 Å². The summed E-state index contributed by atoms with van der Waals surface area (Å²) in [5.41, 5.74) is 12.4. The van der Waals surface area contributed by atoms with Crippen LogP contribution in [0, 0.1) is 0 Å². The molecule has 0 atom stereocenters. The zero-order chi connectivity index (χ0) is 20.4. The van der Waals surface area contributed by atoms with Crippen molar-refractivity contribution in [3.05, 3.63) is 0 Å². The minimum atomic E-state index is -5.20. The van der Waals surface area contributed by atoms with Gasteiger partial charge < -0.3 is 73.8 Å². The number of hydrogen-bond acceptors (Lipinski definition) is 15. The number of phosphoric acid groups is 3. The van der Waals surface area contributed by atoms with Gasteiger partial charge in [-0.1, -0.05) is 0 Å². The smallest absolute Gasteiger partial charge is 0.780 e. The molecule has 0 rings (SSSR count). The molecular weight excluding hydrogens is 795 g/mol. The third-order valence-corrected chi connectivity index (χ3v) is 1.82. The van der Waals surface area contributed by atoms with Crippen molar-refractivity contribution in [2.75, 3.05) is 0 Å². The van der Waals surface area contributed by atoms with E-state index in [1.54, 1.807) is 0 Å². The van der Waals surface area contributed by atoms with Gasteiger partial charge in [-0.2, -0.15) is 0 Å². The number of carbonyl (C=O) groups excluding carboxylic acids is 3. The van der Waals surface area contributed by atoms with Crippen LogP contribution in [0.2, 0.25) is 0 Å². The second-order valence-corrected chi connectivity index (χ2v) is 5.80. The van der Waals surface area contributed by atoms with Crippen molar-refractivity contribution in [3.63, 3.8) is 0 Å². The van der Waals surface area contributed by atoms with E-state index in [2.05, 4.69) is 30.8 Å².